The molecule has 0 atom stereocenters. The molecule has 3 rings (SSSR count). The molecule has 7 heteroatoms. The minimum atomic E-state index is 1.05. The summed E-state index contributed by atoms with van der Waals surface area (Å²) in [5.74, 6) is 2.16. The first-order valence-corrected chi connectivity index (χ1v) is 16.0. The Morgan fingerprint density at radius 1 is 0.655 bits per heavy atom. The summed E-state index contributed by atoms with van der Waals surface area (Å²) in [6, 6.07) is 8.83. The van der Waals surface area contributed by atoms with Gasteiger partial charge < -0.3 is 0 Å². The van der Waals surface area contributed by atoms with E-state index in [0.717, 1.165) is 33.0 Å². The van der Waals surface area contributed by atoms with Crippen LogP contribution in [-0.2, 0) is 10.9 Å². The van der Waals surface area contributed by atoms with Crippen LogP contribution < -0.4 is 0 Å². The zero-order valence-electron chi connectivity index (χ0n) is 17.5. The van der Waals surface area contributed by atoms with Crippen molar-refractivity contribution >= 4 is 73.4 Å². The van der Waals surface area contributed by atoms with Gasteiger partial charge in [0, 0.05) is 11.5 Å². The molecule has 2 aromatic rings. The Labute approximate surface area is 203 Å². The molecular weight excluding hydrogens is 575 g/mol. The summed E-state index contributed by atoms with van der Waals surface area (Å²) in [4.78, 5) is 10.1. The summed E-state index contributed by atoms with van der Waals surface area (Å²) in [6.45, 7) is 12.8. The summed E-state index contributed by atoms with van der Waals surface area (Å²) in [6.07, 6.45) is 0. The van der Waals surface area contributed by atoms with E-state index in [0.29, 0.717) is 0 Å². The van der Waals surface area contributed by atoms with Crippen molar-refractivity contribution in [2.45, 2.75) is 41.5 Å². The third-order valence-corrected chi connectivity index (χ3v) is 6.76. The van der Waals surface area contributed by atoms with E-state index >= 15 is 0 Å². The predicted molar refractivity (Wildman–Crippen MR) is 138 cm³/mol. The van der Waals surface area contributed by atoms with Crippen LogP contribution in [0.3, 0.4) is 0 Å². The molecule has 0 unspecified atom stereocenters. The molecule has 1 aliphatic rings. The Morgan fingerprint density at radius 3 is 1.21 bits per heavy atom. The molecule has 0 radical (unpaired) electrons. The van der Waals surface area contributed by atoms with Crippen LogP contribution in [0.2, 0.25) is 0 Å². The Hall–Kier alpha value is -0.0665. The maximum atomic E-state index is 5.04. The average molecular weight is 601 g/mol. The first-order valence-electron chi connectivity index (χ1n) is 9.18. The van der Waals surface area contributed by atoms with Gasteiger partial charge in [0.2, 0.25) is 0 Å². The molecule has 1 fully saturated rings. The van der Waals surface area contributed by atoms with Gasteiger partial charge in [-0.2, -0.15) is 0 Å². The van der Waals surface area contributed by atoms with Crippen molar-refractivity contribution in [3.63, 3.8) is 0 Å². The third kappa shape index (κ3) is 7.24. The van der Waals surface area contributed by atoms with Gasteiger partial charge in [0.15, 0.2) is 0 Å². The SMILES string of the molecule is Cc1cc(C)c(N=C2SCCSC2=Nc2c(C)cc(C)cc2C)c(C)c1.[Br][Ni][Br]. The molecule has 0 saturated carbocycles. The summed E-state index contributed by atoms with van der Waals surface area (Å²) in [5.41, 5.74) is 9.67. The minimum absolute atomic E-state index is 1.05. The van der Waals surface area contributed by atoms with Gasteiger partial charge in [-0.25, -0.2) is 9.98 Å². The van der Waals surface area contributed by atoms with Crippen molar-refractivity contribution < 1.29 is 10.9 Å². The molecule has 0 spiro atoms. The van der Waals surface area contributed by atoms with E-state index in [2.05, 4.69) is 94.3 Å². The molecule has 0 N–H and O–H groups in total. The Balaban J connectivity index is 0.000000941. The van der Waals surface area contributed by atoms with E-state index in [4.69, 9.17) is 9.98 Å². The van der Waals surface area contributed by atoms with Crippen LogP contribution in [-0.4, -0.2) is 21.6 Å². The maximum absolute atomic E-state index is 5.04. The molecular formula is C22H26Br2N2NiS2. The predicted octanol–water partition coefficient (Wildman–Crippen LogP) is 8.47. The molecule has 1 saturated heterocycles. The molecule has 0 bridgehead atoms. The molecule has 0 aromatic heterocycles. The van der Waals surface area contributed by atoms with Crippen LogP contribution >= 0.6 is 52.0 Å². The first-order chi connectivity index (χ1) is 13.8. The summed E-state index contributed by atoms with van der Waals surface area (Å²) in [5, 5.41) is 2.10. The standard InChI is InChI=1S/C22H26N2S2.2BrH.Ni/c1-13-9-15(3)19(16(4)10-13)23-21-22(26-8-7-25-21)24-20-17(5)11-14(2)12-18(20)6;;;/h9-12H,7-8H2,1-6H3;2*1H;/q;;;+2/p-2. The fourth-order valence-electron chi connectivity index (χ4n) is 3.46. The fourth-order valence-corrected chi connectivity index (χ4v) is 5.52. The van der Waals surface area contributed by atoms with E-state index < -0.39 is 0 Å². The second-order valence-corrected chi connectivity index (χ2v) is 14.2. The molecule has 160 valence electrons. The van der Waals surface area contributed by atoms with E-state index in [1.807, 2.05) is 23.5 Å². The number of aryl methyl sites for hydroxylation is 6. The molecule has 0 aliphatic carbocycles. The average Bonchev–Trinajstić information content (AvgIpc) is 2.62. The number of halogens is 2. The van der Waals surface area contributed by atoms with Crippen molar-refractivity contribution in [2.24, 2.45) is 9.98 Å². The Morgan fingerprint density at radius 2 is 0.931 bits per heavy atom. The number of benzene rings is 2. The zero-order chi connectivity index (χ0) is 21.6. The topological polar surface area (TPSA) is 24.7 Å². The zero-order valence-corrected chi connectivity index (χ0v) is 23.3. The summed E-state index contributed by atoms with van der Waals surface area (Å²) in [7, 11) is 1.25. The number of hydrogen-bond acceptors (Lipinski definition) is 4. The summed E-state index contributed by atoms with van der Waals surface area (Å²) >= 11 is 9.64. The van der Waals surface area contributed by atoms with Crippen molar-refractivity contribution in [3.05, 3.63) is 57.6 Å². The number of rotatable bonds is 2. The first kappa shape index (κ1) is 25.2. The van der Waals surface area contributed by atoms with Gasteiger partial charge in [0.1, 0.15) is 10.1 Å². The number of aliphatic imine (C=N–C) groups is 2. The third-order valence-electron chi connectivity index (χ3n) is 4.44. The number of thioether (sulfide) groups is 2. The van der Waals surface area contributed by atoms with Crippen molar-refractivity contribution in [2.75, 3.05) is 11.5 Å². The van der Waals surface area contributed by atoms with Gasteiger partial charge in [0.05, 0.1) is 11.4 Å². The van der Waals surface area contributed by atoms with E-state index in [1.54, 1.807) is 0 Å². The second kappa shape index (κ2) is 12.1. The van der Waals surface area contributed by atoms with Gasteiger partial charge >= 0.3 is 39.3 Å². The number of nitrogens with zero attached hydrogens (tertiary/aromatic N) is 2. The van der Waals surface area contributed by atoms with Gasteiger partial charge in [-0.1, -0.05) is 35.4 Å². The van der Waals surface area contributed by atoms with Crippen molar-refractivity contribution in [1.82, 2.24) is 0 Å². The molecule has 1 aliphatic heterocycles. The van der Waals surface area contributed by atoms with Gasteiger partial charge in [-0.05, 0) is 63.8 Å². The normalized spacial score (nSPS) is 16.8. The molecule has 1 heterocycles. The van der Waals surface area contributed by atoms with Gasteiger partial charge in [-0.3, -0.25) is 0 Å². The second-order valence-electron chi connectivity index (χ2n) is 7.07. The van der Waals surface area contributed by atoms with Crippen LogP contribution in [0, 0.1) is 41.5 Å². The monoisotopic (exact) mass is 598 g/mol. The van der Waals surface area contributed by atoms with E-state index in [1.165, 1.54) is 44.3 Å². The van der Waals surface area contributed by atoms with E-state index in [9.17, 15) is 0 Å². The van der Waals surface area contributed by atoms with E-state index in [-0.39, 0.29) is 0 Å². The Bertz CT molecular complexity index is 821. The van der Waals surface area contributed by atoms with Crippen LogP contribution in [0.25, 0.3) is 0 Å². The van der Waals surface area contributed by atoms with Gasteiger partial charge in [0.25, 0.3) is 0 Å². The molecule has 0 amide bonds. The summed E-state index contributed by atoms with van der Waals surface area (Å²) < 4.78 is 0. The Kier molecular flexibility index (Phi) is 10.5. The number of hydrogen-bond donors (Lipinski definition) is 0. The van der Waals surface area contributed by atoms with Crippen LogP contribution in [0.1, 0.15) is 33.4 Å². The fraction of sp³-hybridized carbons (Fsp3) is 0.364. The quantitative estimate of drug-likeness (QED) is 0.323. The van der Waals surface area contributed by atoms with Crippen LogP contribution in [0.15, 0.2) is 34.3 Å². The van der Waals surface area contributed by atoms with Crippen LogP contribution in [0.5, 0.6) is 0 Å². The van der Waals surface area contributed by atoms with Crippen LogP contribution in [0.4, 0.5) is 11.4 Å². The van der Waals surface area contributed by atoms with Crippen molar-refractivity contribution in [3.8, 4) is 0 Å². The molecule has 2 aromatic carbocycles. The molecule has 2 nitrogen and oxygen atoms in total. The van der Waals surface area contributed by atoms with Gasteiger partial charge in [-0.15, -0.1) is 23.5 Å². The van der Waals surface area contributed by atoms with Crippen molar-refractivity contribution in [1.29, 1.82) is 0 Å². The molecule has 29 heavy (non-hydrogen) atoms.